The molecule has 0 bridgehead atoms. The highest BCUT2D eigenvalue weighted by atomic mass is 16.7. The first kappa shape index (κ1) is 23.3. The smallest absolute Gasteiger partial charge is 0.231 e. The number of rotatable bonds is 5. The Morgan fingerprint density at radius 3 is 2.40 bits per heavy atom. The van der Waals surface area contributed by atoms with E-state index in [1.165, 1.54) is 5.56 Å². The lowest BCUT2D eigenvalue weighted by atomic mass is 9.91. The van der Waals surface area contributed by atoms with Gasteiger partial charge in [0.1, 0.15) is 5.75 Å². The molecule has 1 unspecified atom stereocenters. The van der Waals surface area contributed by atoms with Crippen LogP contribution in [0.2, 0.25) is 0 Å². The van der Waals surface area contributed by atoms with Gasteiger partial charge in [0.2, 0.25) is 6.79 Å². The Morgan fingerprint density at radius 2 is 1.69 bits per heavy atom. The van der Waals surface area contributed by atoms with Crippen LogP contribution < -0.4 is 23.7 Å². The Labute approximate surface area is 205 Å². The number of aliphatic hydroxyl groups excluding tert-OH is 1. The van der Waals surface area contributed by atoms with E-state index in [1.807, 2.05) is 36.4 Å². The largest absolute Gasteiger partial charge is 0.497 e. The van der Waals surface area contributed by atoms with E-state index in [4.69, 9.17) is 23.7 Å². The summed E-state index contributed by atoms with van der Waals surface area (Å²) >= 11 is 0. The fourth-order valence-electron chi connectivity index (χ4n) is 4.95. The number of methoxy groups -OCH3 is 3. The zero-order valence-electron chi connectivity index (χ0n) is 20.4. The summed E-state index contributed by atoms with van der Waals surface area (Å²) in [5.74, 6) is 3.66. The first-order valence-corrected chi connectivity index (χ1v) is 11.8. The molecule has 1 N–H and O–H groups in total. The van der Waals surface area contributed by atoms with Crippen molar-refractivity contribution in [3.63, 3.8) is 0 Å². The fraction of sp³-hybridized carbons (Fsp3) is 0.357. The molecule has 7 nitrogen and oxygen atoms in total. The van der Waals surface area contributed by atoms with Gasteiger partial charge in [0.05, 0.1) is 27.4 Å². The maximum absolute atomic E-state index is 11.3. The molecule has 0 spiro atoms. The zero-order valence-corrected chi connectivity index (χ0v) is 20.4. The number of nitrogens with zero attached hydrogens (tertiary/aromatic N) is 1. The molecule has 3 aromatic rings. The average molecular weight is 478 g/mol. The maximum atomic E-state index is 11.3. The SMILES string of the molecule is COc1ccc(CN2CCc3cc4c(cc3C(O)Cc3ccc(OC)c(OC)c3C2)OCO4)cc1. The maximum Gasteiger partial charge on any atom is 0.231 e. The molecule has 0 saturated heterocycles. The predicted octanol–water partition coefficient (Wildman–Crippen LogP) is 4.28. The fourth-order valence-corrected chi connectivity index (χ4v) is 4.95. The molecule has 2 aliphatic heterocycles. The molecule has 0 fully saturated rings. The first-order valence-electron chi connectivity index (χ1n) is 11.8. The Balaban J connectivity index is 1.56. The van der Waals surface area contributed by atoms with Crippen LogP contribution in [0.3, 0.4) is 0 Å². The normalized spacial score (nSPS) is 17.3. The van der Waals surface area contributed by atoms with Gasteiger partial charge in [0.25, 0.3) is 0 Å². The molecule has 3 aromatic carbocycles. The highest BCUT2D eigenvalue weighted by Gasteiger charge is 2.26. The minimum absolute atomic E-state index is 0.206. The van der Waals surface area contributed by atoms with E-state index in [9.17, 15) is 5.11 Å². The Kier molecular flexibility index (Phi) is 6.70. The van der Waals surface area contributed by atoms with Crippen LogP contribution in [0.1, 0.15) is 33.9 Å². The van der Waals surface area contributed by atoms with Gasteiger partial charge in [0.15, 0.2) is 23.0 Å². The van der Waals surface area contributed by atoms with Crippen molar-refractivity contribution >= 4 is 0 Å². The number of fused-ring (bicyclic) bond motifs is 3. The molecule has 0 saturated carbocycles. The summed E-state index contributed by atoms with van der Waals surface area (Å²) in [6.45, 7) is 2.41. The molecule has 0 aliphatic carbocycles. The van der Waals surface area contributed by atoms with Gasteiger partial charge in [-0.3, -0.25) is 4.90 Å². The number of ether oxygens (including phenoxy) is 5. The highest BCUT2D eigenvalue weighted by Crippen LogP contribution is 2.41. The molecule has 0 aromatic heterocycles. The lowest BCUT2D eigenvalue weighted by molar-refractivity contribution is 0.170. The summed E-state index contributed by atoms with van der Waals surface area (Å²) in [6, 6.07) is 16.0. The summed E-state index contributed by atoms with van der Waals surface area (Å²) in [7, 11) is 4.98. The van der Waals surface area contributed by atoms with Crippen molar-refractivity contribution in [2.45, 2.75) is 32.0 Å². The molecule has 35 heavy (non-hydrogen) atoms. The Hall–Kier alpha value is -3.42. The average Bonchev–Trinajstić information content (AvgIpc) is 3.35. The van der Waals surface area contributed by atoms with Gasteiger partial charge in [-0.15, -0.1) is 0 Å². The molecule has 2 heterocycles. The molecular weight excluding hydrogens is 446 g/mol. The summed E-state index contributed by atoms with van der Waals surface area (Å²) in [4.78, 5) is 2.40. The monoisotopic (exact) mass is 477 g/mol. The molecule has 1 atom stereocenters. The second-order valence-corrected chi connectivity index (χ2v) is 8.87. The summed E-state index contributed by atoms with van der Waals surface area (Å²) < 4.78 is 28.0. The van der Waals surface area contributed by atoms with Gasteiger partial charge in [-0.25, -0.2) is 0 Å². The molecule has 0 radical (unpaired) electrons. The van der Waals surface area contributed by atoms with Crippen molar-refractivity contribution in [1.29, 1.82) is 0 Å². The van der Waals surface area contributed by atoms with Crippen molar-refractivity contribution in [3.05, 3.63) is 76.3 Å². The van der Waals surface area contributed by atoms with Crippen molar-refractivity contribution in [3.8, 4) is 28.7 Å². The van der Waals surface area contributed by atoms with Crippen molar-refractivity contribution in [2.75, 3.05) is 34.7 Å². The van der Waals surface area contributed by atoms with Gasteiger partial charge < -0.3 is 28.8 Å². The quantitative estimate of drug-likeness (QED) is 0.588. The Morgan fingerprint density at radius 1 is 0.914 bits per heavy atom. The summed E-state index contributed by atoms with van der Waals surface area (Å²) in [6.07, 6.45) is 0.545. The van der Waals surface area contributed by atoms with Gasteiger partial charge in [-0.1, -0.05) is 18.2 Å². The van der Waals surface area contributed by atoms with E-state index in [0.29, 0.717) is 30.2 Å². The van der Waals surface area contributed by atoms with Crippen molar-refractivity contribution in [2.24, 2.45) is 0 Å². The van der Waals surface area contributed by atoms with Crippen LogP contribution in [0.15, 0.2) is 48.5 Å². The minimum Gasteiger partial charge on any atom is -0.497 e. The van der Waals surface area contributed by atoms with Crippen LogP contribution in [0.5, 0.6) is 28.7 Å². The standard InChI is InChI=1S/C28H31NO6/c1-31-21-7-4-18(5-8-21)15-29-11-10-20-13-26-27(35-17-34-26)14-22(20)24(30)12-19-6-9-25(32-2)28(33-3)23(19)16-29/h4-9,13-14,24,30H,10-12,15-17H2,1-3H3. The third kappa shape index (κ3) is 4.74. The molecule has 2 aliphatic rings. The lowest BCUT2D eigenvalue weighted by Crippen LogP contribution is -2.28. The predicted molar refractivity (Wildman–Crippen MR) is 132 cm³/mol. The van der Waals surface area contributed by atoms with E-state index in [0.717, 1.165) is 53.3 Å². The number of benzene rings is 3. The second-order valence-electron chi connectivity index (χ2n) is 8.87. The summed E-state index contributed by atoms with van der Waals surface area (Å²) in [5.41, 5.74) is 5.20. The molecule has 0 amide bonds. The molecule has 7 heteroatoms. The van der Waals surface area contributed by atoms with Crippen LogP contribution in [0, 0.1) is 0 Å². The van der Waals surface area contributed by atoms with Gasteiger partial charge >= 0.3 is 0 Å². The van der Waals surface area contributed by atoms with Crippen LogP contribution in [0.4, 0.5) is 0 Å². The summed E-state index contributed by atoms with van der Waals surface area (Å²) in [5, 5.41) is 11.3. The molecular formula is C28H31NO6. The van der Waals surface area contributed by atoms with Crippen LogP contribution in [-0.4, -0.2) is 44.7 Å². The second kappa shape index (κ2) is 10.1. The number of hydrogen-bond donors (Lipinski definition) is 1. The van der Waals surface area contributed by atoms with Gasteiger partial charge in [-0.2, -0.15) is 0 Å². The topological polar surface area (TPSA) is 69.6 Å². The van der Waals surface area contributed by atoms with Crippen LogP contribution in [-0.2, 0) is 25.9 Å². The number of aliphatic hydroxyl groups is 1. The van der Waals surface area contributed by atoms with E-state index < -0.39 is 6.10 Å². The molecule has 184 valence electrons. The van der Waals surface area contributed by atoms with Gasteiger partial charge in [-0.05, 0) is 59.0 Å². The van der Waals surface area contributed by atoms with Crippen molar-refractivity contribution < 1.29 is 28.8 Å². The third-order valence-electron chi connectivity index (χ3n) is 6.80. The van der Waals surface area contributed by atoms with E-state index >= 15 is 0 Å². The highest BCUT2D eigenvalue weighted by molar-refractivity contribution is 5.53. The molecule has 5 rings (SSSR count). The van der Waals surface area contributed by atoms with E-state index in [1.54, 1.807) is 21.3 Å². The van der Waals surface area contributed by atoms with E-state index in [2.05, 4.69) is 17.0 Å². The first-order chi connectivity index (χ1) is 17.1. The van der Waals surface area contributed by atoms with Gasteiger partial charge in [0, 0.05) is 31.6 Å². The minimum atomic E-state index is -0.676. The van der Waals surface area contributed by atoms with Crippen molar-refractivity contribution in [1.82, 2.24) is 4.90 Å². The Bertz CT molecular complexity index is 1190. The van der Waals surface area contributed by atoms with Crippen LogP contribution >= 0.6 is 0 Å². The number of hydrogen-bond acceptors (Lipinski definition) is 7. The zero-order chi connectivity index (χ0) is 24.4. The van der Waals surface area contributed by atoms with Crippen LogP contribution in [0.25, 0.3) is 0 Å². The lowest BCUT2D eigenvalue weighted by Gasteiger charge is -2.29. The third-order valence-corrected chi connectivity index (χ3v) is 6.80. The van der Waals surface area contributed by atoms with E-state index in [-0.39, 0.29) is 6.79 Å².